The minimum atomic E-state index is -4.54. The molecule has 0 saturated carbocycles. The van der Waals surface area contributed by atoms with Crippen LogP contribution in [0.1, 0.15) is 42.5 Å². The van der Waals surface area contributed by atoms with Crippen LogP contribution in [0.15, 0.2) is 48.7 Å². The maximum absolute atomic E-state index is 14.4. The van der Waals surface area contributed by atoms with E-state index in [-0.39, 0.29) is 24.2 Å². The number of halogens is 5. The first-order chi connectivity index (χ1) is 17.2. The molecule has 2 aromatic carbocycles. The fraction of sp³-hybridized carbons (Fsp3) is 0.360. The van der Waals surface area contributed by atoms with Gasteiger partial charge in [-0.1, -0.05) is 35.9 Å². The standard InChI is InChI=1S/C25H24ClF4N5O/c1-15-18-13-31-32-23(18)34(14-16-5-2-3-6-19(16)25(28,29)30)24(36)35(15)17-9-11-33(12-10-17)22-20(26)7-4-8-21(22)27/h2-8,13,15,17H,9-12,14H2,1H3,(H,31,32). The average molecular weight is 522 g/mol. The number of hydrogen-bond donors (Lipinski definition) is 1. The topological polar surface area (TPSA) is 55.5 Å². The molecule has 1 atom stereocenters. The van der Waals surface area contributed by atoms with Crippen molar-refractivity contribution in [1.82, 2.24) is 15.1 Å². The van der Waals surface area contributed by atoms with Gasteiger partial charge in [-0.3, -0.25) is 10.00 Å². The molecule has 1 fully saturated rings. The number of fused-ring (bicyclic) bond motifs is 1. The molecule has 3 heterocycles. The number of rotatable bonds is 4. The average Bonchev–Trinajstić information content (AvgIpc) is 3.33. The van der Waals surface area contributed by atoms with E-state index in [1.165, 1.54) is 29.2 Å². The number of carbonyl (C=O) groups excluding carboxylic acids is 1. The minimum Gasteiger partial charge on any atom is -0.368 e. The Kier molecular flexibility index (Phi) is 6.32. The Morgan fingerprint density at radius 3 is 2.53 bits per heavy atom. The molecule has 0 spiro atoms. The number of aromatic amines is 1. The van der Waals surface area contributed by atoms with Gasteiger partial charge >= 0.3 is 12.2 Å². The molecule has 1 unspecified atom stereocenters. The van der Waals surface area contributed by atoms with E-state index >= 15 is 0 Å². The summed E-state index contributed by atoms with van der Waals surface area (Å²) in [5, 5.41) is 7.19. The van der Waals surface area contributed by atoms with E-state index < -0.39 is 23.6 Å². The molecular formula is C25H24ClF4N5O. The van der Waals surface area contributed by atoms with E-state index in [9.17, 15) is 22.4 Å². The van der Waals surface area contributed by atoms with E-state index in [4.69, 9.17) is 11.6 Å². The van der Waals surface area contributed by atoms with Crippen molar-refractivity contribution in [1.29, 1.82) is 0 Å². The smallest absolute Gasteiger partial charge is 0.368 e. The highest BCUT2D eigenvalue weighted by molar-refractivity contribution is 6.33. The zero-order chi connectivity index (χ0) is 25.6. The number of benzene rings is 2. The molecule has 2 aliphatic heterocycles. The predicted octanol–water partition coefficient (Wildman–Crippen LogP) is 6.39. The fourth-order valence-corrected chi connectivity index (χ4v) is 5.53. The number of hydrogen-bond acceptors (Lipinski definition) is 3. The van der Waals surface area contributed by atoms with Crippen LogP contribution in [0.5, 0.6) is 0 Å². The lowest BCUT2D eigenvalue weighted by Gasteiger charge is -2.46. The van der Waals surface area contributed by atoms with Crippen LogP contribution >= 0.6 is 11.6 Å². The fourth-order valence-electron chi connectivity index (χ4n) is 5.24. The predicted molar refractivity (Wildman–Crippen MR) is 129 cm³/mol. The first kappa shape index (κ1) is 24.4. The molecule has 3 aromatic rings. The number of piperidine rings is 1. The number of carbonyl (C=O) groups is 1. The number of nitrogens with one attached hydrogen (secondary N) is 1. The Labute approximate surface area is 210 Å². The van der Waals surface area contributed by atoms with Gasteiger partial charge in [0.15, 0.2) is 0 Å². The minimum absolute atomic E-state index is 0.00239. The number of anilines is 2. The molecule has 1 saturated heterocycles. The first-order valence-electron chi connectivity index (χ1n) is 11.6. The number of alkyl halides is 3. The van der Waals surface area contributed by atoms with Gasteiger partial charge in [-0.05, 0) is 43.5 Å². The van der Waals surface area contributed by atoms with E-state index in [0.717, 1.165) is 11.6 Å². The second kappa shape index (κ2) is 9.31. The molecule has 0 radical (unpaired) electrons. The molecular weight excluding hydrogens is 498 g/mol. The lowest BCUT2D eigenvalue weighted by atomic mass is 9.97. The summed E-state index contributed by atoms with van der Waals surface area (Å²) >= 11 is 6.24. The van der Waals surface area contributed by atoms with Crippen molar-refractivity contribution in [3.63, 3.8) is 0 Å². The summed E-state index contributed by atoms with van der Waals surface area (Å²) in [7, 11) is 0. The van der Waals surface area contributed by atoms with Crippen LogP contribution in [0.25, 0.3) is 0 Å². The Morgan fingerprint density at radius 1 is 1.11 bits per heavy atom. The second-order valence-corrected chi connectivity index (χ2v) is 9.48. The number of para-hydroxylation sites is 1. The summed E-state index contributed by atoms with van der Waals surface area (Å²) in [4.78, 5) is 18.7. The molecule has 0 aliphatic carbocycles. The van der Waals surface area contributed by atoms with Gasteiger partial charge in [0.1, 0.15) is 11.6 Å². The van der Waals surface area contributed by atoms with Gasteiger partial charge < -0.3 is 9.80 Å². The van der Waals surface area contributed by atoms with Crippen LogP contribution in [0.2, 0.25) is 5.02 Å². The van der Waals surface area contributed by atoms with Crippen molar-refractivity contribution in [3.05, 3.63) is 76.2 Å². The molecule has 5 rings (SSSR count). The van der Waals surface area contributed by atoms with Crippen LogP contribution in [0.3, 0.4) is 0 Å². The zero-order valence-electron chi connectivity index (χ0n) is 19.4. The molecule has 1 aromatic heterocycles. The maximum atomic E-state index is 14.4. The van der Waals surface area contributed by atoms with Crippen molar-refractivity contribution in [3.8, 4) is 0 Å². The second-order valence-electron chi connectivity index (χ2n) is 9.07. The molecule has 1 N–H and O–H groups in total. The number of aromatic nitrogens is 2. The zero-order valence-corrected chi connectivity index (χ0v) is 20.2. The number of amides is 2. The molecule has 0 bridgehead atoms. The third-order valence-electron chi connectivity index (χ3n) is 7.00. The Balaban J connectivity index is 1.41. The van der Waals surface area contributed by atoms with Crippen molar-refractivity contribution in [2.24, 2.45) is 0 Å². The number of urea groups is 1. The molecule has 2 aliphatic rings. The lowest BCUT2D eigenvalue weighted by molar-refractivity contribution is -0.138. The molecule has 36 heavy (non-hydrogen) atoms. The normalized spacial score (nSPS) is 19.1. The van der Waals surface area contributed by atoms with Crippen LogP contribution in [0.4, 0.5) is 33.9 Å². The summed E-state index contributed by atoms with van der Waals surface area (Å²) in [6, 6.07) is 8.90. The van der Waals surface area contributed by atoms with Gasteiger partial charge in [0.05, 0.1) is 35.1 Å². The third-order valence-corrected chi connectivity index (χ3v) is 7.30. The van der Waals surface area contributed by atoms with Gasteiger partial charge in [-0.15, -0.1) is 0 Å². The van der Waals surface area contributed by atoms with E-state index in [1.807, 2.05) is 11.8 Å². The summed E-state index contributed by atoms with van der Waals surface area (Å²) in [6.45, 7) is 2.60. The summed E-state index contributed by atoms with van der Waals surface area (Å²) in [5.41, 5.74) is 0.299. The van der Waals surface area contributed by atoms with Gasteiger partial charge in [0, 0.05) is 24.7 Å². The van der Waals surface area contributed by atoms with E-state index in [1.54, 1.807) is 23.2 Å². The number of H-pyrrole nitrogens is 1. The quantitative estimate of drug-likeness (QED) is 0.405. The molecule has 11 heteroatoms. The van der Waals surface area contributed by atoms with Crippen molar-refractivity contribution < 1.29 is 22.4 Å². The Bertz CT molecular complexity index is 1250. The largest absolute Gasteiger partial charge is 0.416 e. The van der Waals surface area contributed by atoms with E-state index in [0.29, 0.717) is 42.5 Å². The van der Waals surface area contributed by atoms with Crippen molar-refractivity contribution >= 4 is 29.1 Å². The number of nitrogens with zero attached hydrogens (tertiary/aromatic N) is 4. The van der Waals surface area contributed by atoms with Gasteiger partial charge in [0.25, 0.3) is 0 Å². The van der Waals surface area contributed by atoms with Crippen LogP contribution in [-0.4, -0.2) is 40.3 Å². The summed E-state index contributed by atoms with van der Waals surface area (Å²) in [5.74, 6) is -0.00258. The maximum Gasteiger partial charge on any atom is 0.416 e. The van der Waals surface area contributed by atoms with E-state index in [2.05, 4.69) is 10.2 Å². The van der Waals surface area contributed by atoms with Crippen LogP contribution < -0.4 is 9.80 Å². The monoisotopic (exact) mass is 521 g/mol. The Hall–Kier alpha value is -3.27. The van der Waals surface area contributed by atoms with Crippen LogP contribution in [0, 0.1) is 5.82 Å². The summed E-state index contributed by atoms with van der Waals surface area (Å²) in [6.07, 6.45) is -1.82. The first-order valence-corrected chi connectivity index (χ1v) is 12.0. The highest BCUT2D eigenvalue weighted by Crippen LogP contribution is 2.41. The highest BCUT2D eigenvalue weighted by atomic mass is 35.5. The highest BCUT2D eigenvalue weighted by Gasteiger charge is 2.42. The van der Waals surface area contributed by atoms with Crippen LogP contribution in [-0.2, 0) is 12.7 Å². The lowest BCUT2D eigenvalue weighted by Crippen LogP contribution is -2.55. The van der Waals surface area contributed by atoms with Crippen molar-refractivity contribution in [2.45, 2.75) is 44.6 Å². The SMILES string of the molecule is CC1c2cn[nH]c2N(Cc2ccccc2C(F)(F)F)C(=O)N1C1CCN(c2c(F)cccc2Cl)CC1. The molecule has 2 amide bonds. The van der Waals surface area contributed by atoms with Gasteiger partial charge in [-0.2, -0.15) is 18.3 Å². The van der Waals surface area contributed by atoms with Gasteiger partial charge in [0.2, 0.25) is 0 Å². The Morgan fingerprint density at radius 2 is 1.83 bits per heavy atom. The van der Waals surface area contributed by atoms with Gasteiger partial charge in [-0.25, -0.2) is 9.18 Å². The molecule has 6 nitrogen and oxygen atoms in total. The summed E-state index contributed by atoms with van der Waals surface area (Å²) < 4.78 is 55.3. The molecule has 190 valence electrons. The van der Waals surface area contributed by atoms with Crippen molar-refractivity contribution in [2.75, 3.05) is 22.9 Å². The third kappa shape index (κ3) is 4.27.